The minimum Gasteiger partial charge on any atom is -0.478 e. The molecule has 4 N–H and O–H groups in total. The van der Waals surface area contributed by atoms with Crippen LogP contribution < -0.4 is 0 Å². The molecule has 5 heteroatoms. The zero-order valence-electron chi connectivity index (χ0n) is 7.40. The molecule has 76 valence electrons. The molecule has 0 heterocycles. The van der Waals surface area contributed by atoms with Crippen molar-refractivity contribution in [2.45, 2.75) is 6.92 Å². The Bertz CT molecular complexity index is 205. The molecule has 0 radical (unpaired) electrons. The highest BCUT2D eigenvalue weighted by molar-refractivity contribution is 5.88. The maximum atomic E-state index is 10.7. The Hall–Kier alpha value is -0.910. The molecule has 0 aliphatic rings. The first-order valence-electron chi connectivity index (χ1n) is 3.78. The molecular weight excluding hydrogens is 176 g/mol. The highest BCUT2D eigenvalue weighted by Gasteiger charge is 2.31. The second-order valence-corrected chi connectivity index (χ2v) is 2.98. The van der Waals surface area contributed by atoms with E-state index in [9.17, 15) is 4.79 Å². The number of carboxylic acid groups (broad SMARTS) is 1. The topological polar surface area (TPSA) is 98.0 Å². The van der Waals surface area contributed by atoms with E-state index in [0.29, 0.717) is 0 Å². The van der Waals surface area contributed by atoms with E-state index >= 15 is 0 Å². The molecule has 0 aromatic heterocycles. The van der Waals surface area contributed by atoms with Crippen LogP contribution in [0.1, 0.15) is 6.92 Å². The first kappa shape index (κ1) is 12.1. The molecule has 0 saturated heterocycles. The van der Waals surface area contributed by atoms with Gasteiger partial charge >= 0.3 is 5.97 Å². The van der Waals surface area contributed by atoms with Crippen molar-refractivity contribution in [1.29, 1.82) is 0 Å². The van der Waals surface area contributed by atoms with Gasteiger partial charge in [-0.15, -0.1) is 0 Å². The number of aliphatic carboxylic acids is 1. The quantitative estimate of drug-likeness (QED) is 0.416. The summed E-state index contributed by atoms with van der Waals surface area (Å²) in [7, 11) is 0. The van der Waals surface area contributed by atoms with Gasteiger partial charge in [0, 0.05) is 11.0 Å². The van der Waals surface area contributed by atoms with Crippen molar-refractivity contribution in [2.24, 2.45) is 5.41 Å². The molecule has 0 amide bonds. The Labute approximate surface area is 75.9 Å². The summed E-state index contributed by atoms with van der Waals surface area (Å²) in [5.74, 6) is -1.25. The van der Waals surface area contributed by atoms with Crippen LogP contribution in [0, 0.1) is 5.41 Å². The maximum Gasteiger partial charge on any atom is 0.332 e. The predicted molar refractivity (Wildman–Crippen MR) is 45.1 cm³/mol. The van der Waals surface area contributed by atoms with Crippen LogP contribution in [-0.4, -0.2) is 46.2 Å². The Morgan fingerprint density at radius 2 is 1.77 bits per heavy atom. The van der Waals surface area contributed by atoms with Crippen molar-refractivity contribution in [3.63, 3.8) is 0 Å². The van der Waals surface area contributed by atoms with E-state index in [4.69, 9.17) is 20.4 Å². The molecule has 0 fully saturated rings. The van der Waals surface area contributed by atoms with Crippen molar-refractivity contribution >= 4 is 5.97 Å². The molecule has 0 bridgehead atoms. The monoisotopic (exact) mass is 190 g/mol. The summed E-state index contributed by atoms with van der Waals surface area (Å²) in [6, 6.07) is 0. The Morgan fingerprint density at radius 1 is 1.31 bits per heavy atom. The fraction of sp³-hybridized carbons (Fsp3) is 0.625. The SMILES string of the molecule is CC(CO)(CO)C(=CCO)C(=O)O. The Morgan fingerprint density at radius 3 is 2.00 bits per heavy atom. The number of carboxylic acids is 1. The highest BCUT2D eigenvalue weighted by Crippen LogP contribution is 2.25. The van der Waals surface area contributed by atoms with Crippen LogP contribution in [0.5, 0.6) is 0 Å². The van der Waals surface area contributed by atoms with E-state index in [1.54, 1.807) is 0 Å². The van der Waals surface area contributed by atoms with Gasteiger partial charge in [-0.25, -0.2) is 4.79 Å². The predicted octanol–water partition coefficient (Wildman–Crippen LogP) is -1.02. The van der Waals surface area contributed by atoms with Gasteiger partial charge in [0.1, 0.15) is 0 Å². The summed E-state index contributed by atoms with van der Waals surface area (Å²) in [5.41, 5.74) is -1.39. The lowest BCUT2D eigenvalue weighted by atomic mass is 9.83. The second-order valence-electron chi connectivity index (χ2n) is 2.98. The number of hydrogen-bond donors (Lipinski definition) is 4. The molecule has 0 atom stereocenters. The van der Waals surface area contributed by atoms with Crippen molar-refractivity contribution in [1.82, 2.24) is 0 Å². The van der Waals surface area contributed by atoms with Gasteiger partial charge in [0.15, 0.2) is 0 Å². The van der Waals surface area contributed by atoms with E-state index in [0.717, 1.165) is 6.08 Å². The average molecular weight is 190 g/mol. The second kappa shape index (κ2) is 4.96. The largest absolute Gasteiger partial charge is 0.478 e. The van der Waals surface area contributed by atoms with Gasteiger partial charge in [-0.05, 0) is 6.08 Å². The van der Waals surface area contributed by atoms with Crippen LogP contribution in [-0.2, 0) is 4.79 Å². The zero-order chi connectivity index (χ0) is 10.5. The summed E-state index contributed by atoms with van der Waals surface area (Å²) in [5, 5.41) is 35.0. The van der Waals surface area contributed by atoms with E-state index in [1.807, 2.05) is 0 Å². The average Bonchev–Trinajstić information content (AvgIpc) is 2.12. The first-order chi connectivity index (χ1) is 6.01. The van der Waals surface area contributed by atoms with E-state index in [1.165, 1.54) is 6.92 Å². The molecule has 0 aliphatic carbocycles. The zero-order valence-corrected chi connectivity index (χ0v) is 7.40. The van der Waals surface area contributed by atoms with Crippen molar-refractivity contribution in [3.8, 4) is 0 Å². The minimum atomic E-state index is -1.25. The lowest BCUT2D eigenvalue weighted by Crippen LogP contribution is -2.32. The number of carbonyl (C=O) groups is 1. The highest BCUT2D eigenvalue weighted by atomic mass is 16.4. The molecular formula is C8H14O5. The van der Waals surface area contributed by atoms with E-state index in [-0.39, 0.29) is 5.57 Å². The molecule has 0 rings (SSSR count). The van der Waals surface area contributed by atoms with Crippen LogP contribution >= 0.6 is 0 Å². The summed E-state index contributed by atoms with van der Waals surface area (Å²) < 4.78 is 0. The van der Waals surface area contributed by atoms with E-state index < -0.39 is 31.2 Å². The smallest absolute Gasteiger partial charge is 0.332 e. The van der Waals surface area contributed by atoms with E-state index in [2.05, 4.69) is 0 Å². The molecule has 5 nitrogen and oxygen atoms in total. The Balaban J connectivity index is 4.92. The fourth-order valence-electron chi connectivity index (χ4n) is 0.903. The van der Waals surface area contributed by atoms with Gasteiger partial charge in [0.25, 0.3) is 0 Å². The fourth-order valence-corrected chi connectivity index (χ4v) is 0.903. The van der Waals surface area contributed by atoms with Crippen molar-refractivity contribution in [2.75, 3.05) is 19.8 Å². The van der Waals surface area contributed by atoms with Crippen molar-refractivity contribution < 1.29 is 25.2 Å². The van der Waals surface area contributed by atoms with Gasteiger partial charge in [0.2, 0.25) is 0 Å². The minimum absolute atomic E-state index is 0.181. The third-order valence-corrected chi connectivity index (χ3v) is 1.87. The van der Waals surface area contributed by atoms with Crippen molar-refractivity contribution in [3.05, 3.63) is 11.6 Å². The van der Waals surface area contributed by atoms with Crippen LogP contribution in [0.3, 0.4) is 0 Å². The van der Waals surface area contributed by atoms with Gasteiger partial charge < -0.3 is 20.4 Å². The third kappa shape index (κ3) is 2.80. The lowest BCUT2D eigenvalue weighted by Gasteiger charge is -2.25. The van der Waals surface area contributed by atoms with Gasteiger partial charge in [-0.2, -0.15) is 0 Å². The van der Waals surface area contributed by atoms with Gasteiger partial charge in [-0.3, -0.25) is 0 Å². The van der Waals surface area contributed by atoms with Crippen LogP contribution in [0.4, 0.5) is 0 Å². The first-order valence-corrected chi connectivity index (χ1v) is 3.78. The molecule has 0 aromatic rings. The number of aliphatic hydroxyl groups is 3. The normalized spacial score (nSPS) is 13.1. The summed E-state index contributed by atoms with van der Waals surface area (Å²) >= 11 is 0. The molecule has 0 spiro atoms. The van der Waals surface area contributed by atoms with Gasteiger partial charge in [-0.1, -0.05) is 6.92 Å². The maximum absolute atomic E-state index is 10.7. The molecule has 0 unspecified atom stereocenters. The summed E-state index contributed by atoms with van der Waals surface area (Å²) in [6.45, 7) is 0.00308. The Kier molecular flexibility index (Phi) is 4.61. The third-order valence-electron chi connectivity index (χ3n) is 1.87. The number of hydrogen-bond acceptors (Lipinski definition) is 4. The summed E-state index contributed by atoms with van der Waals surface area (Å²) in [6.07, 6.45) is 1.06. The molecule has 0 aliphatic heterocycles. The molecule has 13 heavy (non-hydrogen) atoms. The number of rotatable bonds is 5. The lowest BCUT2D eigenvalue weighted by molar-refractivity contribution is -0.134. The molecule has 0 aromatic carbocycles. The van der Waals surface area contributed by atoms with Crippen LogP contribution in [0.15, 0.2) is 11.6 Å². The van der Waals surface area contributed by atoms with Gasteiger partial charge in [0.05, 0.1) is 19.8 Å². The summed E-state index contributed by atoms with van der Waals surface area (Å²) in [4.78, 5) is 10.7. The van der Waals surface area contributed by atoms with Crippen LogP contribution in [0.2, 0.25) is 0 Å². The van der Waals surface area contributed by atoms with Crippen LogP contribution in [0.25, 0.3) is 0 Å². The number of aliphatic hydroxyl groups excluding tert-OH is 3. The standard InChI is InChI=1S/C8H14O5/c1-8(4-10,5-11)6(2-3-9)7(12)13/h2,9-11H,3-5H2,1H3,(H,12,13). The molecule has 0 saturated carbocycles.